The average Bonchev–Trinajstić information content (AvgIpc) is 3.65. The van der Waals surface area contributed by atoms with Gasteiger partial charge in [-0.15, -0.1) is 0 Å². The number of amides is 4. The van der Waals surface area contributed by atoms with Crippen molar-refractivity contribution < 1.29 is 37.1 Å². The molecule has 7 rings (SSSR count). The third-order valence-corrected chi connectivity index (χ3v) is 13.5. The first kappa shape index (κ1) is 42.1. The van der Waals surface area contributed by atoms with Crippen molar-refractivity contribution in [1.29, 1.82) is 0 Å². The van der Waals surface area contributed by atoms with E-state index in [4.69, 9.17) is 9.47 Å². The molecule has 4 heterocycles. The van der Waals surface area contributed by atoms with Crippen LogP contribution in [0.5, 0.6) is 0 Å². The van der Waals surface area contributed by atoms with Crippen LogP contribution in [0.3, 0.4) is 0 Å². The molecule has 18 heteroatoms. The van der Waals surface area contributed by atoms with Crippen molar-refractivity contribution in [2.45, 2.75) is 70.0 Å². The summed E-state index contributed by atoms with van der Waals surface area (Å²) in [7, 11) is -1.12. The van der Waals surface area contributed by atoms with E-state index in [9.17, 15) is 27.6 Å². The number of rotatable bonds is 13. The lowest BCUT2D eigenvalue weighted by atomic mass is 10.0. The first-order chi connectivity index (χ1) is 28.7. The Morgan fingerprint density at radius 3 is 1.67 bits per heavy atom. The molecule has 1 saturated carbocycles. The first-order valence-corrected chi connectivity index (χ1v) is 21.5. The van der Waals surface area contributed by atoms with Gasteiger partial charge in [0.25, 0.3) is 0 Å². The minimum absolute atomic E-state index is 0.0417. The summed E-state index contributed by atoms with van der Waals surface area (Å²) in [6.45, 7) is 7.62. The van der Waals surface area contributed by atoms with Gasteiger partial charge in [-0.3, -0.25) is 9.59 Å². The molecule has 0 radical (unpaired) electrons. The third kappa shape index (κ3) is 8.65. The van der Waals surface area contributed by atoms with Crippen LogP contribution in [0.25, 0.3) is 33.6 Å². The second-order valence-corrected chi connectivity index (χ2v) is 18.2. The molecule has 318 valence electrons. The van der Waals surface area contributed by atoms with Crippen molar-refractivity contribution in [1.82, 2.24) is 44.7 Å². The predicted molar refractivity (Wildman–Crippen MR) is 222 cm³/mol. The molecule has 1 aliphatic carbocycles. The number of aromatic amines is 2. The van der Waals surface area contributed by atoms with Crippen molar-refractivity contribution in [2.75, 3.05) is 34.0 Å². The van der Waals surface area contributed by atoms with E-state index in [1.807, 2.05) is 74.5 Å². The highest BCUT2D eigenvalue weighted by Gasteiger charge is 2.48. The number of hydrogen-bond donors (Lipinski definition) is 4. The van der Waals surface area contributed by atoms with Gasteiger partial charge in [0.15, 0.2) is 0 Å². The van der Waals surface area contributed by atoms with Gasteiger partial charge in [-0.25, -0.2) is 28.0 Å². The molecule has 4 amide bonds. The number of imidazole rings is 2. The van der Waals surface area contributed by atoms with E-state index in [0.717, 1.165) is 27.9 Å². The smallest absolute Gasteiger partial charge is 0.407 e. The zero-order chi connectivity index (χ0) is 42.9. The molecular formula is C42H51N9O8S. The van der Waals surface area contributed by atoms with E-state index in [1.165, 1.54) is 23.4 Å². The Labute approximate surface area is 349 Å². The van der Waals surface area contributed by atoms with Crippen molar-refractivity contribution in [3.05, 3.63) is 84.7 Å². The van der Waals surface area contributed by atoms with Gasteiger partial charge in [0.05, 0.1) is 49.9 Å². The number of carbonyl (C=O) groups excluding carboxylic acids is 4. The number of ether oxygens (including phenoxy) is 2. The van der Waals surface area contributed by atoms with E-state index in [1.54, 1.807) is 31.1 Å². The van der Waals surface area contributed by atoms with Crippen molar-refractivity contribution >= 4 is 34.0 Å². The van der Waals surface area contributed by atoms with Crippen LogP contribution in [-0.4, -0.2) is 118 Å². The largest absolute Gasteiger partial charge is 0.453 e. The van der Waals surface area contributed by atoms with Crippen LogP contribution in [0.1, 0.15) is 64.3 Å². The molecule has 2 aromatic heterocycles. The number of benzene rings is 2. The van der Waals surface area contributed by atoms with Gasteiger partial charge in [-0.2, -0.15) is 4.31 Å². The maximum Gasteiger partial charge on any atom is 0.407 e. The lowest BCUT2D eigenvalue weighted by molar-refractivity contribution is -0.136. The zero-order valence-electron chi connectivity index (χ0n) is 34.4. The number of hydrogen-bond acceptors (Lipinski definition) is 10. The van der Waals surface area contributed by atoms with Crippen LogP contribution < -0.4 is 10.6 Å². The van der Waals surface area contributed by atoms with Crippen molar-refractivity contribution in [3.8, 4) is 33.6 Å². The van der Waals surface area contributed by atoms with Crippen molar-refractivity contribution in [3.63, 3.8) is 0 Å². The van der Waals surface area contributed by atoms with Crippen LogP contribution in [0, 0.1) is 11.8 Å². The molecule has 4 N–H and O–H groups in total. The van der Waals surface area contributed by atoms with Gasteiger partial charge >= 0.3 is 12.2 Å². The minimum Gasteiger partial charge on any atom is -0.453 e. The first-order valence-electron chi connectivity index (χ1n) is 20.0. The summed E-state index contributed by atoms with van der Waals surface area (Å²) in [5, 5.41) is 4.82. The number of carbonyl (C=O) groups is 4. The number of sulfonamides is 1. The number of aromatic nitrogens is 4. The number of alkyl carbamates (subject to hydrolysis) is 2. The van der Waals surface area contributed by atoms with Crippen LogP contribution in [0.2, 0.25) is 0 Å². The lowest BCUT2D eigenvalue weighted by Crippen LogP contribution is -2.51. The Morgan fingerprint density at radius 1 is 0.717 bits per heavy atom. The molecule has 4 atom stereocenters. The summed E-state index contributed by atoms with van der Waals surface area (Å²) in [5.41, 5.74) is 5.21. The summed E-state index contributed by atoms with van der Waals surface area (Å²) in [5.74, 6) is -0.0476. The molecule has 2 aliphatic heterocycles. The highest BCUT2D eigenvalue weighted by atomic mass is 32.2. The third-order valence-electron chi connectivity index (χ3n) is 11.2. The van der Waals surface area contributed by atoms with Gasteiger partial charge in [0.2, 0.25) is 21.8 Å². The van der Waals surface area contributed by atoms with Gasteiger partial charge in [0.1, 0.15) is 35.8 Å². The monoisotopic (exact) mass is 841 g/mol. The normalized spacial score (nSPS) is 19.1. The van der Waals surface area contributed by atoms with Gasteiger partial charge in [-0.05, 0) is 46.9 Å². The Bertz CT molecular complexity index is 2350. The Hall–Kier alpha value is -6.01. The Morgan fingerprint density at radius 2 is 1.18 bits per heavy atom. The van der Waals surface area contributed by atoms with E-state index in [-0.39, 0.29) is 31.0 Å². The topological polar surface area (TPSA) is 212 Å². The maximum absolute atomic E-state index is 14.0. The Balaban J connectivity index is 1.04. The van der Waals surface area contributed by atoms with Crippen LogP contribution >= 0.6 is 0 Å². The molecule has 17 nitrogen and oxygen atoms in total. The fourth-order valence-corrected chi connectivity index (χ4v) is 9.34. The fourth-order valence-electron chi connectivity index (χ4n) is 7.55. The molecule has 2 fully saturated rings. The molecule has 2 aromatic carbocycles. The predicted octanol–water partition coefficient (Wildman–Crippen LogP) is 4.97. The van der Waals surface area contributed by atoms with Crippen LogP contribution in [0.15, 0.2) is 73.1 Å². The number of nitrogens with zero attached hydrogens (tertiary/aromatic N) is 5. The second kappa shape index (κ2) is 17.3. The highest BCUT2D eigenvalue weighted by Crippen LogP contribution is 2.37. The Kier molecular flexibility index (Phi) is 12.1. The summed E-state index contributed by atoms with van der Waals surface area (Å²) in [6.07, 6.45) is 7.01. The number of nitrogens with one attached hydrogen (secondary N) is 4. The standard InChI is InChI=1S/C42H51N9O8S/c1-24(2)35(47-41(54)58-5)39(52)50-19-7-8-33(50)37-43-20-31(45-37)28-13-9-26(10-14-28)27-11-15-29(16-12-27)32-21-44-38(46-32)34-22-49(60(56,57)30-17-18-30)23-51(34)40(53)36(25(3)4)48-42(55)59-6/h7-16,20-21,24-25,30,33-36H,17-19,22-23H2,1-6H3,(H,43,45)(H,44,46)(H,47,54)(H,48,55)/t33?,34?,35-,36-/m0/s1. The molecule has 0 bridgehead atoms. The summed E-state index contributed by atoms with van der Waals surface area (Å²) in [6, 6.07) is 13.1. The number of methoxy groups -OCH3 is 2. The zero-order valence-corrected chi connectivity index (χ0v) is 35.2. The van der Waals surface area contributed by atoms with Gasteiger partial charge < -0.3 is 39.9 Å². The summed E-state index contributed by atoms with van der Waals surface area (Å²) >= 11 is 0. The van der Waals surface area contributed by atoms with E-state index in [2.05, 4.69) is 30.6 Å². The van der Waals surface area contributed by atoms with Gasteiger partial charge in [0, 0.05) is 13.1 Å². The minimum atomic E-state index is -3.61. The molecular weight excluding hydrogens is 791 g/mol. The van der Waals surface area contributed by atoms with E-state index < -0.39 is 57.5 Å². The van der Waals surface area contributed by atoms with Crippen LogP contribution in [-0.2, 0) is 29.1 Å². The molecule has 60 heavy (non-hydrogen) atoms. The van der Waals surface area contributed by atoms with Gasteiger partial charge in [-0.1, -0.05) is 88.4 Å². The lowest BCUT2D eigenvalue weighted by Gasteiger charge is -2.29. The fraction of sp³-hybridized carbons (Fsp3) is 0.429. The van der Waals surface area contributed by atoms with E-state index >= 15 is 0 Å². The van der Waals surface area contributed by atoms with Crippen molar-refractivity contribution in [2.24, 2.45) is 11.8 Å². The second-order valence-electron chi connectivity index (χ2n) is 15.9. The molecule has 1 saturated heterocycles. The quantitative estimate of drug-likeness (QED) is 0.133. The summed E-state index contributed by atoms with van der Waals surface area (Å²) in [4.78, 5) is 70.6. The number of H-pyrrole nitrogens is 2. The maximum atomic E-state index is 14.0. The molecule has 0 spiro atoms. The average molecular weight is 842 g/mol. The highest BCUT2D eigenvalue weighted by molar-refractivity contribution is 7.90. The molecule has 4 aromatic rings. The SMILES string of the molecule is COC(=O)N[C@H](C(=O)N1CC=CC1c1ncc(-c2ccc(-c3ccc(-c4cnc(C5CN(S(=O)(=O)C6CC6)CN5C(=O)[C@@H](NC(=O)OC)C(C)C)[nH]4)cc3)cc2)[nH]1)C(C)C. The van der Waals surface area contributed by atoms with Crippen LogP contribution in [0.4, 0.5) is 9.59 Å². The summed E-state index contributed by atoms with van der Waals surface area (Å²) < 4.78 is 37.5. The molecule has 3 aliphatic rings. The molecule has 2 unspecified atom stereocenters. The van der Waals surface area contributed by atoms with E-state index in [0.29, 0.717) is 36.7 Å².